The third-order valence-corrected chi connectivity index (χ3v) is 3.64. The zero-order valence-electron chi connectivity index (χ0n) is 12.2. The Morgan fingerprint density at radius 3 is 2.60 bits per heavy atom. The van der Waals surface area contributed by atoms with Crippen molar-refractivity contribution in [1.82, 2.24) is 0 Å². The summed E-state index contributed by atoms with van der Waals surface area (Å²) in [6, 6.07) is 5.25. The lowest BCUT2D eigenvalue weighted by Gasteiger charge is -2.35. The second-order valence-electron chi connectivity index (χ2n) is 6.20. The highest BCUT2D eigenvalue weighted by atomic mass is 16.4. The fourth-order valence-electron chi connectivity index (χ4n) is 2.37. The molecule has 1 unspecified atom stereocenters. The van der Waals surface area contributed by atoms with Gasteiger partial charge in [-0.25, -0.2) is 0 Å². The first-order chi connectivity index (χ1) is 9.20. The fourth-order valence-corrected chi connectivity index (χ4v) is 2.37. The molecule has 1 aliphatic rings. The Balaban J connectivity index is 2.39. The molecule has 20 heavy (non-hydrogen) atoms. The van der Waals surface area contributed by atoms with Crippen LogP contribution in [0.25, 0.3) is 0 Å². The van der Waals surface area contributed by atoms with Crippen LogP contribution in [0, 0.1) is 0 Å². The molecule has 2 rings (SSSR count). The lowest BCUT2D eigenvalue weighted by molar-refractivity contribution is -0.138. The first kappa shape index (κ1) is 14.4. The van der Waals surface area contributed by atoms with E-state index in [-0.39, 0.29) is 17.7 Å². The number of likely N-dealkylation sites (N-methyl/N-ethyl adjacent to an activating group) is 1. The molecule has 0 saturated heterocycles. The molecule has 5 heteroatoms. The van der Waals surface area contributed by atoms with E-state index in [4.69, 9.17) is 5.11 Å². The minimum Gasteiger partial charge on any atom is -0.481 e. The van der Waals surface area contributed by atoms with Crippen molar-refractivity contribution in [3.63, 3.8) is 0 Å². The number of fused-ring (bicyclic) bond motifs is 1. The average molecular weight is 276 g/mol. The minimum absolute atomic E-state index is 0.00373. The van der Waals surface area contributed by atoms with Crippen LogP contribution in [-0.4, -0.2) is 30.1 Å². The van der Waals surface area contributed by atoms with Crippen LogP contribution in [0.1, 0.15) is 32.8 Å². The number of nitrogens with one attached hydrogen (secondary N) is 1. The second-order valence-corrected chi connectivity index (χ2v) is 6.20. The summed E-state index contributed by atoms with van der Waals surface area (Å²) in [6.45, 7) is 6.32. The fraction of sp³-hybridized carbons (Fsp3) is 0.467. The molecule has 0 fully saturated rings. The van der Waals surface area contributed by atoms with E-state index in [0.29, 0.717) is 0 Å². The lowest BCUT2D eigenvalue weighted by Crippen LogP contribution is -2.47. The van der Waals surface area contributed by atoms with Gasteiger partial charge < -0.3 is 15.3 Å². The smallest absolute Gasteiger partial charge is 0.305 e. The summed E-state index contributed by atoms with van der Waals surface area (Å²) in [5.74, 6) is -1.25. The van der Waals surface area contributed by atoms with Gasteiger partial charge in [-0.15, -0.1) is 0 Å². The van der Waals surface area contributed by atoms with Gasteiger partial charge in [-0.3, -0.25) is 9.59 Å². The van der Waals surface area contributed by atoms with Crippen molar-refractivity contribution < 1.29 is 14.7 Å². The van der Waals surface area contributed by atoms with Crippen LogP contribution >= 0.6 is 0 Å². The quantitative estimate of drug-likeness (QED) is 0.869. The largest absolute Gasteiger partial charge is 0.481 e. The van der Waals surface area contributed by atoms with Gasteiger partial charge in [-0.2, -0.15) is 0 Å². The molecule has 1 heterocycles. The Morgan fingerprint density at radius 1 is 1.40 bits per heavy atom. The SMILES string of the molecule is CN1c2ccc(C(C)(C)C)cc2NC(=O)C1CC(=O)O. The Kier molecular flexibility index (Phi) is 3.46. The predicted octanol–water partition coefficient (Wildman–Crippen LogP) is 2.22. The van der Waals surface area contributed by atoms with Crippen LogP contribution in [0.2, 0.25) is 0 Å². The number of carbonyl (C=O) groups is 2. The molecule has 2 N–H and O–H groups in total. The van der Waals surface area contributed by atoms with Gasteiger partial charge in [0.1, 0.15) is 6.04 Å². The monoisotopic (exact) mass is 276 g/mol. The van der Waals surface area contributed by atoms with Crippen molar-refractivity contribution in [1.29, 1.82) is 0 Å². The molecular weight excluding hydrogens is 256 g/mol. The minimum atomic E-state index is -0.980. The van der Waals surface area contributed by atoms with E-state index in [0.717, 1.165) is 16.9 Å². The maximum atomic E-state index is 12.0. The van der Waals surface area contributed by atoms with Gasteiger partial charge in [-0.05, 0) is 23.1 Å². The van der Waals surface area contributed by atoms with Crippen molar-refractivity contribution in [2.45, 2.75) is 38.6 Å². The maximum absolute atomic E-state index is 12.0. The zero-order valence-corrected chi connectivity index (χ0v) is 12.2. The van der Waals surface area contributed by atoms with Crippen LogP contribution < -0.4 is 10.2 Å². The van der Waals surface area contributed by atoms with Gasteiger partial charge in [0.25, 0.3) is 0 Å². The molecular formula is C15H20N2O3. The van der Waals surface area contributed by atoms with Crippen molar-refractivity contribution in [3.8, 4) is 0 Å². The zero-order chi connectivity index (χ0) is 15.1. The standard InChI is InChI=1S/C15H20N2O3/c1-15(2,3)9-5-6-11-10(7-9)16-14(20)12(17(11)4)8-13(18)19/h5-7,12H,8H2,1-4H3,(H,16,20)(H,18,19). The van der Waals surface area contributed by atoms with E-state index in [9.17, 15) is 9.59 Å². The van der Waals surface area contributed by atoms with Crippen LogP contribution in [-0.2, 0) is 15.0 Å². The molecule has 0 bridgehead atoms. The first-order valence-electron chi connectivity index (χ1n) is 6.60. The number of rotatable bonds is 2. The Hall–Kier alpha value is -2.04. The molecule has 0 aliphatic carbocycles. The summed E-state index contributed by atoms with van der Waals surface area (Å²) in [4.78, 5) is 24.6. The number of aliphatic carboxylic acids is 1. The topological polar surface area (TPSA) is 69.6 Å². The number of nitrogens with zero attached hydrogens (tertiary/aromatic N) is 1. The Morgan fingerprint density at radius 2 is 2.05 bits per heavy atom. The predicted molar refractivity (Wildman–Crippen MR) is 78.2 cm³/mol. The number of benzene rings is 1. The molecule has 0 aromatic heterocycles. The summed E-state index contributed by atoms with van der Waals surface area (Å²) in [7, 11) is 1.75. The second kappa shape index (κ2) is 4.81. The molecule has 0 saturated carbocycles. The third-order valence-electron chi connectivity index (χ3n) is 3.64. The highest BCUT2D eigenvalue weighted by molar-refractivity contribution is 6.05. The Labute approximate surface area is 118 Å². The number of hydrogen-bond acceptors (Lipinski definition) is 3. The summed E-state index contributed by atoms with van der Waals surface area (Å²) in [5, 5.41) is 11.7. The molecule has 108 valence electrons. The highest BCUT2D eigenvalue weighted by Crippen LogP contribution is 2.35. The van der Waals surface area contributed by atoms with E-state index in [1.165, 1.54) is 0 Å². The van der Waals surface area contributed by atoms with Crippen molar-refractivity contribution in [2.24, 2.45) is 0 Å². The summed E-state index contributed by atoms with van der Waals surface area (Å²) in [6.07, 6.45) is -0.206. The van der Waals surface area contributed by atoms with Crippen LogP contribution in [0.15, 0.2) is 18.2 Å². The van der Waals surface area contributed by atoms with Gasteiger partial charge in [-0.1, -0.05) is 26.8 Å². The van der Waals surface area contributed by atoms with Crippen LogP contribution in [0.4, 0.5) is 11.4 Å². The summed E-state index contributed by atoms with van der Waals surface area (Å²) < 4.78 is 0. The molecule has 5 nitrogen and oxygen atoms in total. The van der Waals surface area contributed by atoms with Crippen molar-refractivity contribution >= 4 is 23.3 Å². The van der Waals surface area contributed by atoms with Crippen LogP contribution in [0.5, 0.6) is 0 Å². The molecule has 1 aromatic carbocycles. The van der Waals surface area contributed by atoms with E-state index < -0.39 is 12.0 Å². The number of hydrogen-bond donors (Lipinski definition) is 2. The van der Waals surface area contributed by atoms with Gasteiger partial charge in [0.05, 0.1) is 17.8 Å². The molecule has 0 radical (unpaired) electrons. The van der Waals surface area contributed by atoms with E-state index in [1.54, 1.807) is 11.9 Å². The van der Waals surface area contributed by atoms with Crippen LogP contribution in [0.3, 0.4) is 0 Å². The third kappa shape index (κ3) is 2.61. The van der Waals surface area contributed by atoms with E-state index in [1.807, 2.05) is 18.2 Å². The normalized spacial score (nSPS) is 18.5. The molecule has 1 aromatic rings. The number of carboxylic acid groups (broad SMARTS) is 1. The first-order valence-corrected chi connectivity index (χ1v) is 6.60. The average Bonchev–Trinajstić information content (AvgIpc) is 2.32. The number of carbonyl (C=O) groups excluding carboxylic acids is 1. The Bertz CT molecular complexity index is 561. The van der Waals surface area contributed by atoms with Gasteiger partial charge in [0.15, 0.2) is 0 Å². The summed E-state index contributed by atoms with van der Waals surface area (Å²) >= 11 is 0. The maximum Gasteiger partial charge on any atom is 0.305 e. The molecule has 1 amide bonds. The lowest BCUT2D eigenvalue weighted by atomic mass is 9.86. The molecule has 1 aliphatic heterocycles. The van der Waals surface area contributed by atoms with Crippen molar-refractivity contribution in [3.05, 3.63) is 23.8 Å². The molecule has 1 atom stereocenters. The highest BCUT2D eigenvalue weighted by Gasteiger charge is 2.32. The number of carboxylic acids is 1. The van der Waals surface area contributed by atoms with Gasteiger partial charge >= 0.3 is 5.97 Å². The van der Waals surface area contributed by atoms with Gasteiger partial charge in [0.2, 0.25) is 5.91 Å². The van der Waals surface area contributed by atoms with Crippen molar-refractivity contribution in [2.75, 3.05) is 17.3 Å². The van der Waals surface area contributed by atoms with E-state index >= 15 is 0 Å². The number of anilines is 2. The van der Waals surface area contributed by atoms with E-state index in [2.05, 4.69) is 26.1 Å². The number of amides is 1. The molecule has 0 spiro atoms. The van der Waals surface area contributed by atoms with Gasteiger partial charge in [0, 0.05) is 7.05 Å². The summed E-state index contributed by atoms with van der Waals surface area (Å²) in [5.41, 5.74) is 2.72.